The largest absolute Gasteiger partial charge is 0.389 e. The zero-order chi connectivity index (χ0) is 17.6. The summed E-state index contributed by atoms with van der Waals surface area (Å²) in [5, 5.41) is 30.0. The first kappa shape index (κ1) is 16.4. The van der Waals surface area contributed by atoms with Gasteiger partial charge in [-0.2, -0.15) is 10.2 Å². The molecule has 0 unspecified atom stereocenters. The Balaban J connectivity index is 2.11. The third kappa shape index (κ3) is 2.54. The molecule has 24 heavy (non-hydrogen) atoms. The molecule has 1 aromatic rings. The summed E-state index contributed by atoms with van der Waals surface area (Å²) in [6.45, 7) is 4.97. The molecule has 1 saturated carbocycles. The van der Waals surface area contributed by atoms with Crippen molar-refractivity contribution in [1.82, 2.24) is 0 Å². The Morgan fingerprint density at radius 2 is 1.96 bits per heavy atom. The van der Waals surface area contributed by atoms with Gasteiger partial charge in [0.05, 0.1) is 22.2 Å². The van der Waals surface area contributed by atoms with Gasteiger partial charge >= 0.3 is 0 Å². The van der Waals surface area contributed by atoms with Gasteiger partial charge in [-0.05, 0) is 26.3 Å². The highest BCUT2D eigenvalue weighted by Gasteiger charge is 2.53. The van der Waals surface area contributed by atoms with E-state index in [0.29, 0.717) is 6.42 Å². The number of nitrogens with zero attached hydrogens (tertiary/aromatic N) is 3. The molecule has 2 aliphatic rings. The van der Waals surface area contributed by atoms with E-state index < -0.39 is 16.4 Å². The summed E-state index contributed by atoms with van der Waals surface area (Å²) in [5.74, 6) is -1.22. The summed E-state index contributed by atoms with van der Waals surface area (Å²) in [6, 6.07) is 6.16. The van der Waals surface area contributed by atoms with Crippen LogP contribution in [0.2, 0.25) is 0 Å². The predicted molar refractivity (Wildman–Crippen MR) is 89.3 cm³/mol. The average Bonchev–Trinajstić information content (AvgIpc) is 2.85. The molecule has 126 valence electrons. The van der Waals surface area contributed by atoms with Gasteiger partial charge in [-0.1, -0.05) is 12.1 Å². The van der Waals surface area contributed by atoms with Gasteiger partial charge in [0.2, 0.25) is 0 Å². The fraction of sp³-hybridized carbons (Fsp3) is 0.471. The van der Waals surface area contributed by atoms with Crippen LogP contribution in [0.25, 0.3) is 0 Å². The van der Waals surface area contributed by atoms with E-state index >= 15 is 0 Å². The Hall–Kier alpha value is -2.41. The fourth-order valence-electron chi connectivity index (χ4n) is 4.07. The van der Waals surface area contributed by atoms with E-state index in [1.54, 1.807) is 19.1 Å². The van der Waals surface area contributed by atoms with Gasteiger partial charge in [0.25, 0.3) is 5.69 Å². The van der Waals surface area contributed by atoms with Crippen molar-refractivity contribution in [3.63, 3.8) is 0 Å². The molecule has 0 radical (unpaired) electrons. The number of benzene rings is 1. The Kier molecular flexibility index (Phi) is 3.83. The minimum atomic E-state index is -1.23. The SMILES string of the molecule is CC(=O)[C@H]1[C@H](c2ccc([N+](=O)[O-])cc2)[C@H]2C(C)=NN=C2C[C@]1(C)O. The standard InChI is InChI=1S/C17H19N3O4/c1-9-14-13(19-18-9)8-17(3,22)16(10(2)21)15(14)11-4-6-12(7-5-11)20(23)24/h4-7,14-16,22H,8H2,1-3H3/t14-,15+,16-,17-/m0/s1. The van der Waals surface area contributed by atoms with Crippen LogP contribution in [-0.2, 0) is 4.79 Å². The summed E-state index contributed by atoms with van der Waals surface area (Å²) in [7, 11) is 0. The number of carbonyl (C=O) groups excluding carboxylic acids is 1. The number of aliphatic hydroxyl groups is 1. The average molecular weight is 329 g/mol. The first-order valence-electron chi connectivity index (χ1n) is 7.80. The molecule has 1 fully saturated rings. The normalized spacial score (nSPS) is 31.9. The van der Waals surface area contributed by atoms with Crippen LogP contribution >= 0.6 is 0 Å². The molecular weight excluding hydrogens is 310 g/mol. The fourth-order valence-corrected chi connectivity index (χ4v) is 4.07. The molecule has 0 bridgehead atoms. The van der Waals surface area contributed by atoms with Gasteiger partial charge in [0.15, 0.2) is 0 Å². The van der Waals surface area contributed by atoms with Crippen molar-refractivity contribution in [2.75, 3.05) is 0 Å². The monoisotopic (exact) mass is 329 g/mol. The third-order valence-electron chi connectivity index (χ3n) is 5.00. The number of nitro benzene ring substituents is 1. The molecule has 1 aromatic carbocycles. The molecule has 7 heteroatoms. The maximum Gasteiger partial charge on any atom is 0.269 e. The lowest BCUT2D eigenvalue weighted by Crippen LogP contribution is -2.53. The van der Waals surface area contributed by atoms with Gasteiger partial charge in [-0.3, -0.25) is 14.9 Å². The van der Waals surface area contributed by atoms with E-state index in [9.17, 15) is 20.0 Å². The third-order valence-corrected chi connectivity index (χ3v) is 5.00. The lowest BCUT2D eigenvalue weighted by molar-refractivity contribution is -0.384. The molecule has 0 saturated heterocycles. The number of carbonyl (C=O) groups is 1. The van der Waals surface area contributed by atoms with E-state index in [1.165, 1.54) is 19.1 Å². The number of nitro groups is 1. The quantitative estimate of drug-likeness (QED) is 0.679. The molecule has 0 amide bonds. The molecule has 0 spiro atoms. The number of ketones is 1. The van der Waals surface area contributed by atoms with E-state index in [4.69, 9.17) is 0 Å². The highest BCUT2D eigenvalue weighted by molar-refractivity contribution is 6.12. The minimum absolute atomic E-state index is 0.00797. The Morgan fingerprint density at radius 3 is 2.50 bits per heavy atom. The highest BCUT2D eigenvalue weighted by Crippen LogP contribution is 2.48. The van der Waals surface area contributed by atoms with Crippen LogP contribution in [0.4, 0.5) is 5.69 Å². The molecule has 1 heterocycles. The summed E-state index contributed by atoms with van der Waals surface area (Å²) in [4.78, 5) is 22.7. The zero-order valence-corrected chi connectivity index (χ0v) is 13.8. The topological polar surface area (TPSA) is 105 Å². The summed E-state index contributed by atoms with van der Waals surface area (Å²) < 4.78 is 0. The van der Waals surface area contributed by atoms with Gasteiger partial charge < -0.3 is 5.11 Å². The highest BCUT2D eigenvalue weighted by atomic mass is 16.6. The van der Waals surface area contributed by atoms with Gasteiger partial charge in [-0.15, -0.1) is 0 Å². The summed E-state index contributed by atoms with van der Waals surface area (Å²) in [5.41, 5.74) is 1.10. The van der Waals surface area contributed by atoms with E-state index in [-0.39, 0.29) is 23.3 Å². The van der Waals surface area contributed by atoms with Crippen LogP contribution in [0, 0.1) is 22.0 Å². The Bertz CT molecular complexity index is 765. The van der Waals surface area contributed by atoms with E-state index in [1.807, 2.05) is 6.92 Å². The van der Waals surface area contributed by atoms with Crippen molar-refractivity contribution in [2.45, 2.75) is 38.7 Å². The van der Waals surface area contributed by atoms with Crippen LogP contribution in [0.3, 0.4) is 0 Å². The van der Waals surface area contributed by atoms with Crippen molar-refractivity contribution in [3.05, 3.63) is 39.9 Å². The zero-order valence-electron chi connectivity index (χ0n) is 13.8. The molecule has 1 aliphatic carbocycles. The molecule has 7 nitrogen and oxygen atoms in total. The van der Waals surface area contributed by atoms with Crippen LogP contribution in [0.1, 0.15) is 38.7 Å². The van der Waals surface area contributed by atoms with Crippen molar-refractivity contribution in [1.29, 1.82) is 0 Å². The number of non-ortho nitro benzene ring substituents is 1. The second-order valence-electron chi connectivity index (χ2n) is 6.81. The smallest absolute Gasteiger partial charge is 0.269 e. The Labute approximate surface area is 139 Å². The first-order valence-corrected chi connectivity index (χ1v) is 7.80. The van der Waals surface area contributed by atoms with Crippen LogP contribution in [-0.4, -0.2) is 32.8 Å². The maximum atomic E-state index is 12.3. The predicted octanol–water partition coefficient (Wildman–Crippen LogP) is 2.49. The van der Waals surface area contributed by atoms with Crippen molar-refractivity contribution >= 4 is 22.9 Å². The van der Waals surface area contributed by atoms with Crippen LogP contribution in [0.5, 0.6) is 0 Å². The summed E-state index contributed by atoms with van der Waals surface area (Å²) in [6.07, 6.45) is 0.298. The van der Waals surface area contributed by atoms with Gasteiger partial charge in [-0.25, -0.2) is 0 Å². The molecule has 0 aromatic heterocycles. The van der Waals surface area contributed by atoms with E-state index in [2.05, 4.69) is 10.2 Å². The van der Waals surface area contributed by atoms with Crippen molar-refractivity contribution < 1.29 is 14.8 Å². The molecular formula is C17H19N3O4. The number of fused-ring (bicyclic) bond motifs is 1. The Morgan fingerprint density at radius 1 is 1.33 bits per heavy atom. The van der Waals surface area contributed by atoms with Gasteiger partial charge in [0.1, 0.15) is 5.78 Å². The van der Waals surface area contributed by atoms with Crippen LogP contribution in [0.15, 0.2) is 34.5 Å². The maximum absolute atomic E-state index is 12.3. The molecule has 4 atom stereocenters. The van der Waals surface area contributed by atoms with Crippen molar-refractivity contribution in [3.8, 4) is 0 Å². The van der Waals surface area contributed by atoms with Crippen LogP contribution < -0.4 is 0 Å². The lowest BCUT2D eigenvalue weighted by atomic mass is 9.59. The number of rotatable bonds is 3. The van der Waals surface area contributed by atoms with Gasteiger partial charge in [0, 0.05) is 36.1 Å². The molecule has 1 aliphatic heterocycles. The second-order valence-corrected chi connectivity index (χ2v) is 6.81. The number of Topliss-reactive ketones (excluding diaryl/α,β-unsaturated/α-hetero) is 1. The molecule has 3 rings (SSSR count). The van der Waals surface area contributed by atoms with E-state index in [0.717, 1.165) is 17.0 Å². The summed E-state index contributed by atoms with van der Waals surface area (Å²) >= 11 is 0. The van der Waals surface area contributed by atoms with Crippen molar-refractivity contribution in [2.24, 2.45) is 22.0 Å². The minimum Gasteiger partial charge on any atom is -0.389 e. The lowest BCUT2D eigenvalue weighted by Gasteiger charge is -2.45. The second kappa shape index (κ2) is 5.59. The molecule has 1 N–H and O–H groups in total. The first-order chi connectivity index (χ1) is 11.2. The number of hydrogen-bond acceptors (Lipinski definition) is 6. The number of hydrogen-bond donors (Lipinski definition) is 1.